The Bertz CT molecular complexity index is 1060. The number of hydrogen-bond acceptors (Lipinski definition) is 3. The van der Waals surface area contributed by atoms with Crippen molar-refractivity contribution in [3.63, 3.8) is 0 Å². The molecule has 5 nitrogen and oxygen atoms in total. The maximum Gasteiger partial charge on any atom is 0.261 e. The maximum absolute atomic E-state index is 13.1. The first-order valence-electron chi connectivity index (χ1n) is 9.63. The van der Waals surface area contributed by atoms with Crippen LogP contribution in [0.2, 0.25) is 0 Å². The fourth-order valence-corrected chi connectivity index (χ4v) is 5.86. The standard InChI is InChI=1S/C21H22N2O3S/c24-20-9-8-15-12-17(13-16-10-11-23(20)21(15)16)27(25,26)22-19-7-3-5-14-4-1-2-6-18(14)19/h3,5,7,12-13,22H,1-2,4,6,8-11H2. The zero-order valence-corrected chi connectivity index (χ0v) is 15.9. The van der Waals surface area contributed by atoms with Crippen LogP contribution in [0.1, 0.15) is 41.5 Å². The minimum Gasteiger partial charge on any atom is -0.312 e. The third-order valence-corrected chi connectivity index (χ3v) is 7.32. The van der Waals surface area contributed by atoms with Gasteiger partial charge in [-0.25, -0.2) is 8.42 Å². The third-order valence-electron chi connectivity index (χ3n) is 5.98. The van der Waals surface area contributed by atoms with Crippen LogP contribution < -0.4 is 9.62 Å². The van der Waals surface area contributed by atoms with Crippen LogP contribution in [-0.2, 0) is 40.5 Å². The summed E-state index contributed by atoms with van der Waals surface area (Å²) in [6, 6.07) is 9.38. The molecule has 1 aliphatic carbocycles. The molecule has 0 bridgehead atoms. The fourth-order valence-electron chi connectivity index (χ4n) is 4.66. The van der Waals surface area contributed by atoms with Gasteiger partial charge in [-0.3, -0.25) is 9.52 Å². The van der Waals surface area contributed by atoms with Gasteiger partial charge in [0.2, 0.25) is 5.91 Å². The number of amides is 1. The lowest BCUT2D eigenvalue weighted by molar-refractivity contribution is -0.118. The molecule has 5 rings (SSSR count). The Labute approximate surface area is 159 Å². The van der Waals surface area contributed by atoms with Crippen molar-refractivity contribution in [2.45, 2.75) is 49.8 Å². The summed E-state index contributed by atoms with van der Waals surface area (Å²) in [6.07, 6.45) is 5.97. The monoisotopic (exact) mass is 382 g/mol. The fraction of sp³-hybridized carbons (Fsp3) is 0.381. The topological polar surface area (TPSA) is 66.5 Å². The summed E-state index contributed by atoms with van der Waals surface area (Å²) >= 11 is 0. The summed E-state index contributed by atoms with van der Waals surface area (Å²) in [6.45, 7) is 0.657. The molecule has 0 fully saturated rings. The van der Waals surface area contributed by atoms with Gasteiger partial charge in [0.15, 0.2) is 0 Å². The van der Waals surface area contributed by atoms with Gasteiger partial charge in [0.25, 0.3) is 10.0 Å². The Kier molecular flexibility index (Phi) is 3.79. The molecule has 0 radical (unpaired) electrons. The Morgan fingerprint density at radius 1 is 0.889 bits per heavy atom. The van der Waals surface area contributed by atoms with Gasteiger partial charge >= 0.3 is 0 Å². The molecule has 2 aromatic carbocycles. The molecule has 0 spiro atoms. The van der Waals surface area contributed by atoms with Gasteiger partial charge in [0.05, 0.1) is 16.3 Å². The van der Waals surface area contributed by atoms with Crippen molar-refractivity contribution in [2.75, 3.05) is 16.2 Å². The van der Waals surface area contributed by atoms with Gasteiger partial charge in [-0.05, 0) is 79.0 Å². The summed E-state index contributed by atoms with van der Waals surface area (Å²) in [4.78, 5) is 14.2. The van der Waals surface area contributed by atoms with Crippen LogP contribution in [0.5, 0.6) is 0 Å². The van der Waals surface area contributed by atoms with Crippen LogP contribution in [0.15, 0.2) is 35.2 Å². The number of benzene rings is 2. The quantitative estimate of drug-likeness (QED) is 0.886. The zero-order chi connectivity index (χ0) is 18.6. The largest absolute Gasteiger partial charge is 0.312 e. The molecule has 6 heteroatoms. The number of hydrogen-bond donors (Lipinski definition) is 1. The van der Waals surface area contributed by atoms with Crippen molar-refractivity contribution in [2.24, 2.45) is 0 Å². The number of nitrogens with zero attached hydrogens (tertiary/aromatic N) is 1. The van der Waals surface area contributed by atoms with E-state index in [9.17, 15) is 13.2 Å². The van der Waals surface area contributed by atoms with E-state index in [-0.39, 0.29) is 5.91 Å². The molecular formula is C21H22N2O3S. The van der Waals surface area contributed by atoms with Crippen molar-refractivity contribution in [1.29, 1.82) is 0 Å². The van der Waals surface area contributed by atoms with Gasteiger partial charge < -0.3 is 4.90 Å². The molecule has 0 atom stereocenters. The van der Waals surface area contributed by atoms with E-state index in [4.69, 9.17) is 0 Å². The molecule has 3 aliphatic rings. The number of carbonyl (C=O) groups excluding carboxylic acids is 1. The first-order chi connectivity index (χ1) is 13.0. The molecule has 27 heavy (non-hydrogen) atoms. The van der Waals surface area contributed by atoms with E-state index in [1.54, 1.807) is 12.1 Å². The van der Waals surface area contributed by atoms with E-state index in [2.05, 4.69) is 10.8 Å². The molecule has 140 valence electrons. The summed E-state index contributed by atoms with van der Waals surface area (Å²) in [5, 5.41) is 0. The highest BCUT2D eigenvalue weighted by atomic mass is 32.2. The first kappa shape index (κ1) is 16.8. The molecule has 0 saturated carbocycles. The Morgan fingerprint density at radius 2 is 1.67 bits per heavy atom. The van der Waals surface area contributed by atoms with Gasteiger partial charge in [0.1, 0.15) is 0 Å². The Balaban J connectivity index is 1.53. The first-order valence-corrected chi connectivity index (χ1v) is 11.1. The van der Waals surface area contributed by atoms with Gasteiger partial charge in [-0.1, -0.05) is 12.1 Å². The van der Waals surface area contributed by atoms with Crippen molar-refractivity contribution < 1.29 is 13.2 Å². The van der Waals surface area contributed by atoms with E-state index in [0.717, 1.165) is 54.5 Å². The highest BCUT2D eigenvalue weighted by Crippen LogP contribution is 2.39. The van der Waals surface area contributed by atoms with Gasteiger partial charge in [-0.2, -0.15) is 0 Å². The summed E-state index contributed by atoms with van der Waals surface area (Å²) in [5.74, 6) is 0.144. The zero-order valence-electron chi connectivity index (χ0n) is 15.1. The second-order valence-corrected chi connectivity index (χ2v) is 9.32. The number of rotatable bonds is 3. The van der Waals surface area contributed by atoms with Crippen LogP contribution in [0, 0.1) is 0 Å². The smallest absolute Gasteiger partial charge is 0.261 e. The van der Waals surface area contributed by atoms with E-state index < -0.39 is 10.0 Å². The van der Waals surface area contributed by atoms with E-state index in [1.807, 2.05) is 17.0 Å². The average Bonchev–Trinajstić information content (AvgIpc) is 3.10. The summed E-state index contributed by atoms with van der Waals surface area (Å²) < 4.78 is 29.1. The van der Waals surface area contributed by atoms with Crippen LogP contribution in [-0.4, -0.2) is 20.9 Å². The van der Waals surface area contributed by atoms with Crippen LogP contribution in [0.3, 0.4) is 0 Å². The summed E-state index contributed by atoms with van der Waals surface area (Å²) in [7, 11) is -3.66. The van der Waals surface area contributed by atoms with Crippen molar-refractivity contribution >= 4 is 27.3 Å². The number of anilines is 2. The highest BCUT2D eigenvalue weighted by Gasteiger charge is 2.33. The van der Waals surface area contributed by atoms with Crippen molar-refractivity contribution in [3.8, 4) is 0 Å². The van der Waals surface area contributed by atoms with Crippen molar-refractivity contribution in [1.82, 2.24) is 0 Å². The second kappa shape index (κ2) is 6.09. The van der Waals surface area contributed by atoms with Crippen LogP contribution in [0.4, 0.5) is 11.4 Å². The number of nitrogens with one attached hydrogen (secondary N) is 1. The molecular weight excluding hydrogens is 360 g/mol. The van der Waals surface area contributed by atoms with Crippen LogP contribution in [0.25, 0.3) is 0 Å². The number of fused-ring (bicyclic) bond motifs is 1. The van der Waals surface area contributed by atoms with Crippen molar-refractivity contribution in [3.05, 3.63) is 52.6 Å². The normalized spacial score (nSPS) is 18.2. The molecule has 0 aromatic heterocycles. The van der Waals surface area contributed by atoms with E-state index >= 15 is 0 Å². The minimum absolute atomic E-state index is 0.144. The lowest BCUT2D eigenvalue weighted by Crippen LogP contribution is -2.33. The molecule has 2 heterocycles. The van der Waals surface area contributed by atoms with E-state index in [1.165, 1.54) is 5.56 Å². The number of carbonyl (C=O) groups is 1. The third kappa shape index (κ3) is 2.74. The van der Waals surface area contributed by atoms with E-state index in [0.29, 0.717) is 30.0 Å². The van der Waals surface area contributed by atoms with Gasteiger partial charge in [0, 0.05) is 13.0 Å². The molecule has 1 N–H and O–H groups in total. The molecule has 2 aromatic rings. The minimum atomic E-state index is -3.66. The molecule has 0 unspecified atom stereocenters. The molecule has 1 amide bonds. The average molecular weight is 382 g/mol. The number of aryl methyl sites for hydroxylation is 2. The molecule has 2 aliphatic heterocycles. The Morgan fingerprint density at radius 3 is 2.52 bits per heavy atom. The second-order valence-electron chi connectivity index (χ2n) is 7.64. The SMILES string of the molecule is O=C1CCc2cc(S(=O)(=O)Nc3cccc4c3CCCC4)cc3c2N1CC3. The number of sulfonamides is 1. The predicted molar refractivity (Wildman–Crippen MR) is 105 cm³/mol. The lowest BCUT2D eigenvalue weighted by Gasteiger charge is -2.26. The highest BCUT2D eigenvalue weighted by molar-refractivity contribution is 7.92. The molecule has 0 saturated heterocycles. The lowest BCUT2D eigenvalue weighted by atomic mass is 9.91. The predicted octanol–water partition coefficient (Wildman–Crippen LogP) is 3.20. The Hall–Kier alpha value is -2.34. The summed E-state index contributed by atoms with van der Waals surface area (Å²) in [5.41, 5.74) is 5.97. The van der Waals surface area contributed by atoms with Gasteiger partial charge in [-0.15, -0.1) is 0 Å². The maximum atomic E-state index is 13.1. The van der Waals surface area contributed by atoms with Crippen LogP contribution >= 0.6 is 0 Å².